The first kappa shape index (κ1) is 31.6. The molecule has 4 nitrogen and oxygen atoms in total. The Balaban J connectivity index is 1.42. The van der Waals surface area contributed by atoms with E-state index in [0.717, 1.165) is 32.7 Å². The summed E-state index contributed by atoms with van der Waals surface area (Å²) in [5.74, 6) is 0. The van der Waals surface area contributed by atoms with E-state index < -0.39 is 14.6 Å². The molecule has 0 aliphatic rings. The zero-order valence-corrected chi connectivity index (χ0v) is 29.0. The van der Waals surface area contributed by atoms with Crippen molar-refractivity contribution in [2.45, 2.75) is 0 Å². The summed E-state index contributed by atoms with van der Waals surface area (Å²) in [5, 5.41) is 14.1. The van der Waals surface area contributed by atoms with Crippen molar-refractivity contribution >= 4 is 68.7 Å². The second-order valence-electron chi connectivity index (χ2n) is 12.2. The fourth-order valence-electron chi connectivity index (χ4n) is 6.72. The van der Waals surface area contributed by atoms with Crippen LogP contribution in [-0.2, 0) is 9.13 Å². The second kappa shape index (κ2) is 13.3. The molecule has 0 aliphatic heterocycles. The van der Waals surface area contributed by atoms with Crippen LogP contribution in [-0.4, -0.2) is 0 Å². The fourth-order valence-corrected chi connectivity index (χ4v) is 11.2. The molecule has 8 aromatic carbocycles. The largest absolute Gasteiger partial charge is 0.329 e. The van der Waals surface area contributed by atoms with Crippen LogP contribution in [0.1, 0.15) is 0 Å². The molecule has 50 heavy (non-hydrogen) atoms. The molecule has 0 aliphatic carbocycles. The molecule has 0 saturated heterocycles. The topological polar surface area (TPSA) is 58.2 Å². The van der Waals surface area contributed by atoms with Gasteiger partial charge in [-0.05, 0) is 82.2 Å². The van der Waals surface area contributed by atoms with Crippen LogP contribution >= 0.6 is 14.6 Å². The standard InChI is InChI=1S/C44H34N2O2P2/c47-49(35-19-5-1-6-20-35,36-21-7-2-8-22-36)45-41-31-29-33-17-13-15-27-39(33)43(41)44-40-28-16-14-18-34(40)30-32-42(44)46-50(48,37-23-9-3-10-24-37)38-25-11-4-12-26-38/h1-32H,(H,45,47)(H,46,48). The van der Waals surface area contributed by atoms with Crippen molar-refractivity contribution < 1.29 is 9.13 Å². The SMILES string of the molecule is O=P(Nc1ccc2ccccc2c1-c1c(NP(=O)(c2ccccc2)c2ccccc2)ccc2ccccc12)(c1ccccc1)c1ccccc1. The first-order chi connectivity index (χ1) is 24.5. The molecular formula is C44H34N2O2P2. The van der Waals surface area contributed by atoms with Crippen LogP contribution < -0.4 is 31.4 Å². The zero-order chi connectivity index (χ0) is 34.0. The predicted octanol–water partition coefficient (Wildman–Crippen LogP) is 10.3. The highest BCUT2D eigenvalue weighted by molar-refractivity contribution is 7.80. The minimum Gasteiger partial charge on any atom is -0.329 e. The average molecular weight is 685 g/mol. The fraction of sp³-hybridized carbons (Fsp3) is 0. The highest BCUT2D eigenvalue weighted by Crippen LogP contribution is 2.52. The van der Waals surface area contributed by atoms with Crippen LogP contribution in [0.5, 0.6) is 0 Å². The van der Waals surface area contributed by atoms with Crippen LogP contribution in [0.25, 0.3) is 32.7 Å². The minimum atomic E-state index is -3.41. The molecular weight excluding hydrogens is 650 g/mol. The van der Waals surface area contributed by atoms with Gasteiger partial charge in [-0.2, -0.15) is 0 Å². The Morgan fingerprint density at radius 3 is 0.900 bits per heavy atom. The van der Waals surface area contributed by atoms with Crippen LogP contribution in [0.3, 0.4) is 0 Å². The number of benzene rings is 8. The minimum absolute atomic E-state index is 0.708. The Labute approximate surface area is 292 Å². The molecule has 0 bridgehead atoms. The lowest BCUT2D eigenvalue weighted by atomic mass is 9.91. The molecule has 0 fully saturated rings. The molecule has 2 N–H and O–H groups in total. The first-order valence-corrected chi connectivity index (χ1v) is 20.0. The Morgan fingerprint density at radius 2 is 0.580 bits per heavy atom. The molecule has 8 aromatic rings. The molecule has 6 heteroatoms. The Bertz CT molecular complexity index is 2270. The lowest BCUT2D eigenvalue weighted by Gasteiger charge is -2.27. The summed E-state index contributed by atoms with van der Waals surface area (Å²) in [5.41, 5.74) is 3.19. The molecule has 0 radical (unpaired) electrons. The summed E-state index contributed by atoms with van der Waals surface area (Å²) < 4.78 is 31.0. The van der Waals surface area contributed by atoms with Gasteiger partial charge < -0.3 is 10.2 Å². The summed E-state index contributed by atoms with van der Waals surface area (Å²) in [6.07, 6.45) is 0. The summed E-state index contributed by atoms with van der Waals surface area (Å²) in [6.45, 7) is 0. The first-order valence-electron chi connectivity index (χ1n) is 16.6. The summed E-state index contributed by atoms with van der Waals surface area (Å²) in [4.78, 5) is 0. The molecule has 0 atom stereocenters. The highest BCUT2D eigenvalue weighted by atomic mass is 31.2. The van der Waals surface area contributed by atoms with Gasteiger partial charge in [0, 0.05) is 43.7 Å². The van der Waals surface area contributed by atoms with E-state index in [2.05, 4.69) is 46.6 Å². The van der Waals surface area contributed by atoms with Gasteiger partial charge in [0.1, 0.15) is 0 Å². The summed E-state index contributed by atoms with van der Waals surface area (Å²) in [6, 6.07) is 63.2. The van der Waals surface area contributed by atoms with Gasteiger partial charge in [-0.15, -0.1) is 0 Å². The predicted molar refractivity (Wildman–Crippen MR) is 214 cm³/mol. The molecule has 0 saturated carbocycles. The lowest BCUT2D eigenvalue weighted by molar-refractivity contribution is 0.589. The highest BCUT2D eigenvalue weighted by Gasteiger charge is 2.32. The van der Waals surface area contributed by atoms with E-state index >= 15 is 9.13 Å². The molecule has 242 valence electrons. The van der Waals surface area contributed by atoms with Crippen LogP contribution in [0.4, 0.5) is 11.4 Å². The zero-order valence-electron chi connectivity index (χ0n) is 27.2. The van der Waals surface area contributed by atoms with E-state index in [-0.39, 0.29) is 0 Å². The van der Waals surface area contributed by atoms with Crippen molar-refractivity contribution in [2.24, 2.45) is 0 Å². The van der Waals surface area contributed by atoms with Crippen LogP contribution in [0, 0.1) is 0 Å². The molecule has 0 heterocycles. The third-order valence-electron chi connectivity index (χ3n) is 9.14. The number of nitrogens with one attached hydrogen (secondary N) is 2. The van der Waals surface area contributed by atoms with Crippen molar-refractivity contribution in [1.29, 1.82) is 0 Å². The monoisotopic (exact) mass is 684 g/mol. The normalized spacial score (nSPS) is 11.8. The van der Waals surface area contributed by atoms with Crippen molar-refractivity contribution in [1.82, 2.24) is 0 Å². The van der Waals surface area contributed by atoms with E-state index in [1.54, 1.807) is 0 Å². The number of hydrogen-bond donors (Lipinski definition) is 2. The van der Waals surface area contributed by atoms with E-state index in [9.17, 15) is 0 Å². The van der Waals surface area contributed by atoms with Crippen molar-refractivity contribution in [2.75, 3.05) is 10.2 Å². The van der Waals surface area contributed by atoms with Gasteiger partial charge in [0.25, 0.3) is 0 Å². The van der Waals surface area contributed by atoms with Crippen molar-refractivity contribution in [3.05, 3.63) is 194 Å². The van der Waals surface area contributed by atoms with Gasteiger partial charge in [-0.3, -0.25) is 9.13 Å². The van der Waals surface area contributed by atoms with Gasteiger partial charge >= 0.3 is 0 Å². The number of anilines is 2. The van der Waals surface area contributed by atoms with Gasteiger partial charge in [0.15, 0.2) is 0 Å². The van der Waals surface area contributed by atoms with Crippen LogP contribution in [0.15, 0.2) is 194 Å². The van der Waals surface area contributed by atoms with Crippen molar-refractivity contribution in [3.8, 4) is 11.1 Å². The maximum Gasteiger partial charge on any atom is 0.227 e. The van der Waals surface area contributed by atoms with E-state index in [1.165, 1.54) is 0 Å². The number of rotatable bonds is 9. The maximum atomic E-state index is 15.5. The van der Waals surface area contributed by atoms with Gasteiger partial charge in [-0.25, -0.2) is 0 Å². The Morgan fingerprint density at radius 1 is 0.300 bits per heavy atom. The van der Waals surface area contributed by atoms with E-state index in [4.69, 9.17) is 0 Å². The molecule has 0 spiro atoms. The molecule has 0 amide bonds. The quantitative estimate of drug-likeness (QED) is 0.149. The summed E-state index contributed by atoms with van der Waals surface area (Å²) >= 11 is 0. The van der Waals surface area contributed by atoms with Gasteiger partial charge in [0.05, 0.1) is 0 Å². The summed E-state index contributed by atoms with van der Waals surface area (Å²) in [7, 11) is -6.82. The van der Waals surface area contributed by atoms with Crippen molar-refractivity contribution in [3.63, 3.8) is 0 Å². The molecule has 8 rings (SSSR count). The smallest absolute Gasteiger partial charge is 0.227 e. The molecule has 0 unspecified atom stereocenters. The third-order valence-corrected chi connectivity index (χ3v) is 14.4. The third kappa shape index (κ3) is 5.73. The lowest BCUT2D eigenvalue weighted by Crippen LogP contribution is -2.22. The maximum absolute atomic E-state index is 15.5. The number of hydrogen-bond acceptors (Lipinski definition) is 2. The Kier molecular flexibility index (Phi) is 8.43. The average Bonchev–Trinajstić information content (AvgIpc) is 3.19. The Hall–Kier alpha value is -5.66. The molecule has 0 aromatic heterocycles. The van der Waals surface area contributed by atoms with Gasteiger partial charge in [-0.1, -0.05) is 133 Å². The van der Waals surface area contributed by atoms with Crippen LogP contribution in [0.2, 0.25) is 0 Å². The van der Waals surface area contributed by atoms with Gasteiger partial charge in [0.2, 0.25) is 14.6 Å². The number of fused-ring (bicyclic) bond motifs is 2. The second-order valence-corrected chi connectivity index (χ2v) is 17.2. The van der Waals surface area contributed by atoms with E-state index in [0.29, 0.717) is 32.6 Å². The van der Waals surface area contributed by atoms with E-state index in [1.807, 2.05) is 158 Å².